The van der Waals surface area contributed by atoms with E-state index in [4.69, 9.17) is 28.4 Å². The summed E-state index contributed by atoms with van der Waals surface area (Å²) >= 11 is 0. The Morgan fingerprint density at radius 1 is 0.485 bits per heavy atom. The number of allylic oxidation sites excluding steroid dienone is 8. The van der Waals surface area contributed by atoms with Gasteiger partial charge in [-0.1, -0.05) is 146 Å². The third kappa shape index (κ3) is 26.3. The van der Waals surface area contributed by atoms with Crippen molar-refractivity contribution in [3.8, 4) is 0 Å². The maximum absolute atomic E-state index is 13.0. The number of carbonyl (C=O) groups excluding carboxylic acids is 2. The minimum absolute atomic E-state index is 0.128. The van der Waals surface area contributed by atoms with Gasteiger partial charge < -0.3 is 64.2 Å². The molecule has 382 valence electrons. The quantitative estimate of drug-likeness (QED) is 0.0194. The van der Waals surface area contributed by atoms with E-state index in [1.807, 2.05) is 0 Å². The van der Waals surface area contributed by atoms with E-state index in [1.54, 1.807) is 0 Å². The molecule has 2 fully saturated rings. The molecule has 2 rings (SSSR count). The van der Waals surface area contributed by atoms with Crippen LogP contribution in [0.5, 0.6) is 0 Å². The van der Waals surface area contributed by atoms with Crippen molar-refractivity contribution in [1.82, 2.24) is 0 Å². The number of rotatable bonds is 38. The largest absolute Gasteiger partial charge is 0.462 e. The Labute approximate surface area is 395 Å². The third-order valence-corrected chi connectivity index (χ3v) is 11.8. The normalized spacial score (nSPS) is 26.6. The van der Waals surface area contributed by atoms with E-state index in [0.717, 1.165) is 64.2 Å². The van der Waals surface area contributed by atoms with Gasteiger partial charge in [0.2, 0.25) is 0 Å². The van der Waals surface area contributed by atoms with Crippen LogP contribution in [0.3, 0.4) is 0 Å². The van der Waals surface area contributed by atoms with Crippen molar-refractivity contribution in [2.24, 2.45) is 0 Å². The standard InChI is InChI=1S/C51H88O15/c1-3-5-7-9-11-13-15-16-17-18-19-20-21-22-24-26-28-30-32-34-43(54)64-39(36-61-42(53)33-31-29-27-25-23-14-12-10-8-6-4-2)37-62-50-49(60)47(58)45(56)41(66-50)38-63-51-48(59)46(57)44(55)40(35-52)65-51/h11,13,16-17,19-20,22,24,39-41,44-52,55-60H,3-10,12,14-15,18,21,23,25-38H2,1-2H3/b13-11+,17-16+,20-19+,24-22+/t39-,40+,41+,44-,45-,46?,47?,48?,49?,50+,51+/m1/s1. The lowest BCUT2D eigenvalue weighted by Crippen LogP contribution is -2.61. The van der Waals surface area contributed by atoms with Crippen molar-refractivity contribution in [3.05, 3.63) is 48.6 Å². The van der Waals surface area contributed by atoms with Crippen molar-refractivity contribution >= 4 is 11.9 Å². The predicted molar refractivity (Wildman–Crippen MR) is 252 cm³/mol. The Hall–Kier alpha value is -2.54. The number of carbonyl (C=O) groups is 2. The number of aliphatic hydroxyl groups excluding tert-OH is 7. The minimum Gasteiger partial charge on any atom is -0.462 e. The summed E-state index contributed by atoms with van der Waals surface area (Å²) in [6, 6.07) is 0. The van der Waals surface area contributed by atoms with Gasteiger partial charge in [0, 0.05) is 12.8 Å². The second kappa shape index (κ2) is 38.3. The Kier molecular flexibility index (Phi) is 34.6. The number of hydrogen-bond donors (Lipinski definition) is 7. The second-order valence-electron chi connectivity index (χ2n) is 17.6. The zero-order valence-corrected chi connectivity index (χ0v) is 40.2. The molecule has 0 spiro atoms. The Morgan fingerprint density at radius 3 is 1.45 bits per heavy atom. The average molecular weight is 941 g/mol. The Bertz CT molecular complexity index is 1340. The molecule has 2 heterocycles. The number of unbranched alkanes of at least 4 members (excludes halogenated alkanes) is 16. The van der Waals surface area contributed by atoms with Crippen LogP contribution >= 0.6 is 0 Å². The molecule has 0 aromatic carbocycles. The van der Waals surface area contributed by atoms with E-state index in [0.29, 0.717) is 12.8 Å². The van der Waals surface area contributed by atoms with Crippen LogP contribution in [0, 0.1) is 0 Å². The monoisotopic (exact) mass is 941 g/mol. The van der Waals surface area contributed by atoms with Crippen LogP contribution < -0.4 is 0 Å². The van der Waals surface area contributed by atoms with Crippen LogP contribution in [-0.2, 0) is 38.0 Å². The maximum atomic E-state index is 13.0. The van der Waals surface area contributed by atoms with Crippen molar-refractivity contribution < 1.29 is 73.8 Å². The molecule has 0 aromatic rings. The highest BCUT2D eigenvalue weighted by atomic mass is 16.7. The first-order valence-corrected chi connectivity index (χ1v) is 25.2. The highest BCUT2D eigenvalue weighted by Crippen LogP contribution is 2.26. The van der Waals surface area contributed by atoms with Crippen molar-refractivity contribution in [3.63, 3.8) is 0 Å². The van der Waals surface area contributed by atoms with Crippen molar-refractivity contribution in [2.75, 3.05) is 26.4 Å². The summed E-state index contributed by atoms with van der Waals surface area (Å²) in [5.74, 6) is -0.962. The molecule has 4 unspecified atom stereocenters. The van der Waals surface area contributed by atoms with Gasteiger partial charge in [-0.25, -0.2) is 0 Å². The van der Waals surface area contributed by atoms with Gasteiger partial charge in [-0.05, 0) is 57.8 Å². The molecular formula is C51H88O15. The van der Waals surface area contributed by atoms with Gasteiger partial charge in [0.25, 0.3) is 0 Å². The first-order chi connectivity index (χ1) is 32.0. The molecule has 11 atom stereocenters. The summed E-state index contributed by atoms with van der Waals surface area (Å²) in [6.07, 6.45) is 24.3. The third-order valence-electron chi connectivity index (χ3n) is 11.8. The molecule has 15 heteroatoms. The van der Waals surface area contributed by atoms with Gasteiger partial charge in [-0.15, -0.1) is 0 Å². The van der Waals surface area contributed by atoms with Gasteiger partial charge in [0.15, 0.2) is 18.7 Å². The molecule has 0 aliphatic carbocycles. The first-order valence-electron chi connectivity index (χ1n) is 25.2. The van der Waals surface area contributed by atoms with Gasteiger partial charge in [-0.3, -0.25) is 9.59 Å². The summed E-state index contributed by atoms with van der Waals surface area (Å²) in [4.78, 5) is 25.7. The molecule has 15 nitrogen and oxygen atoms in total. The molecule has 7 N–H and O–H groups in total. The Balaban J connectivity index is 1.83. The zero-order valence-electron chi connectivity index (χ0n) is 40.2. The highest BCUT2D eigenvalue weighted by molar-refractivity contribution is 5.70. The van der Waals surface area contributed by atoms with E-state index >= 15 is 0 Å². The van der Waals surface area contributed by atoms with Gasteiger partial charge in [0.05, 0.1) is 19.8 Å². The number of ether oxygens (including phenoxy) is 6. The van der Waals surface area contributed by atoms with E-state index in [2.05, 4.69) is 62.5 Å². The van der Waals surface area contributed by atoms with Gasteiger partial charge >= 0.3 is 11.9 Å². The SMILES string of the molecule is CCCCC/C=C/C/C=C/C/C=C/C/C=C/CCCCCC(=O)O[C@H](COC(=O)CCCCCCCCCCCCC)CO[C@H]1O[C@@H](CO[C@H]2O[C@@H](CO)[C@@H](O)C(O)C2O)[C@@H](O)C(O)C1O. The fourth-order valence-electron chi connectivity index (χ4n) is 7.61. The lowest BCUT2D eigenvalue weighted by atomic mass is 9.98. The molecule has 0 amide bonds. The van der Waals surface area contributed by atoms with Crippen LogP contribution in [-0.4, -0.2) is 142 Å². The topological polar surface area (TPSA) is 231 Å². The number of esters is 2. The van der Waals surface area contributed by atoms with Crippen molar-refractivity contribution in [2.45, 2.75) is 235 Å². The zero-order chi connectivity index (χ0) is 48.2. The molecule has 66 heavy (non-hydrogen) atoms. The van der Waals surface area contributed by atoms with Crippen LogP contribution in [0.2, 0.25) is 0 Å². The van der Waals surface area contributed by atoms with Crippen LogP contribution in [0.25, 0.3) is 0 Å². The summed E-state index contributed by atoms with van der Waals surface area (Å²) < 4.78 is 33.5. The highest BCUT2D eigenvalue weighted by Gasteiger charge is 2.47. The maximum Gasteiger partial charge on any atom is 0.306 e. The van der Waals surface area contributed by atoms with Crippen LogP contribution in [0.4, 0.5) is 0 Å². The average Bonchev–Trinajstić information content (AvgIpc) is 3.31. The molecular weight excluding hydrogens is 853 g/mol. The van der Waals surface area contributed by atoms with E-state index in [1.165, 1.54) is 64.2 Å². The van der Waals surface area contributed by atoms with Gasteiger partial charge in [0.1, 0.15) is 55.4 Å². The smallest absolute Gasteiger partial charge is 0.306 e. The second-order valence-corrected chi connectivity index (χ2v) is 17.6. The summed E-state index contributed by atoms with van der Waals surface area (Å²) in [6.45, 7) is 2.51. The number of aliphatic hydroxyl groups is 7. The minimum atomic E-state index is -1.77. The lowest BCUT2D eigenvalue weighted by Gasteiger charge is -2.42. The molecule has 0 bridgehead atoms. The summed E-state index contributed by atoms with van der Waals surface area (Å²) in [5, 5.41) is 72.0. The van der Waals surface area contributed by atoms with Gasteiger partial charge in [-0.2, -0.15) is 0 Å². The van der Waals surface area contributed by atoms with Crippen LogP contribution in [0.15, 0.2) is 48.6 Å². The Morgan fingerprint density at radius 2 is 0.909 bits per heavy atom. The molecule has 2 saturated heterocycles. The number of hydrogen-bond acceptors (Lipinski definition) is 15. The lowest BCUT2D eigenvalue weighted by molar-refractivity contribution is -0.332. The molecule has 2 aliphatic heterocycles. The summed E-state index contributed by atoms with van der Waals surface area (Å²) in [5.41, 5.74) is 0. The van der Waals surface area contributed by atoms with E-state index in [-0.39, 0.29) is 19.4 Å². The van der Waals surface area contributed by atoms with Crippen LogP contribution in [0.1, 0.15) is 168 Å². The summed E-state index contributed by atoms with van der Waals surface area (Å²) in [7, 11) is 0. The first kappa shape index (κ1) is 59.6. The molecule has 0 saturated carbocycles. The molecule has 0 radical (unpaired) electrons. The molecule has 0 aromatic heterocycles. The van der Waals surface area contributed by atoms with Crippen molar-refractivity contribution in [1.29, 1.82) is 0 Å². The predicted octanol–water partition coefficient (Wildman–Crippen LogP) is 6.71. The fraction of sp³-hybridized carbons (Fsp3) is 0.804. The van der Waals surface area contributed by atoms with E-state index < -0.39 is 99.3 Å². The fourth-order valence-corrected chi connectivity index (χ4v) is 7.61. The molecule has 2 aliphatic rings. The van der Waals surface area contributed by atoms with E-state index in [9.17, 15) is 45.3 Å².